The second-order valence-electron chi connectivity index (χ2n) is 17.4. The van der Waals surface area contributed by atoms with Crippen molar-refractivity contribution in [3.05, 3.63) is 71.8 Å². The van der Waals surface area contributed by atoms with E-state index in [1.54, 1.807) is 31.2 Å². The van der Waals surface area contributed by atoms with E-state index in [0.717, 1.165) is 12.0 Å². The van der Waals surface area contributed by atoms with Gasteiger partial charge in [-0.2, -0.15) is 0 Å². The average Bonchev–Trinajstić information content (AvgIpc) is 4.00. The van der Waals surface area contributed by atoms with Gasteiger partial charge in [0.05, 0.1) is 42.0 Å². The molecule has 13 nitrogen and oxygen atoms in total. The fraction of sp³-hybridized carbons (Fsp3) is 0.725. The first-order valence-corrected chi connectivity index (χ1v) is 23.7. The third-order valence-corrected chi connectivity index (χ3v) is 11.7. The summed E-state index contributed by atoms with van der Waals surface area (Å²) in [4.78, 5) is 27.6. The number of carbonyl (C=O) groups is 2. The van der Waals surface area contributed by atoms with Crippen LogP contribution in [-0.2, 0) is 56.9 Å². The van der Waals surface area contributed by atoms with Crippen LogP contribution in [-0.4, -0.2) is 111 Å². The van der Waals surface area contributed by atoms with Gasteiger partial charge in [-0.25, -0.2) is 4.79 Å². The number of epoxide rings is 1. The lowest BCUT2D eigenvalue weighted by atomic mass is 9.88. The molecule has 1 aromatic rings. The number of cyclic esters (lactones) is 1. The van der Waals surface area contributed by atoms with Crippen LogP contribution in [0.5, 0.6) is 0 Å². The maximum atomic E-state index is 13.9. The summed E-state index contributed by atoms with van der Waals surface area (Å²) < 4.78 is 67.7. The van der Waals surface area contributed by atoms with Crippen molar-refractivity contribution in [1.29, 1.82) is 0 Å². The lowest BCUT2D eigenvalue weighted by Gasteiger charge is -2.39. The zero-order valence-corrected chi connectivity index (χ0v) is 41.4. The second kappa shape index (κ2) is 27.6. The van der Waals surface area contributed by atoms with E-state index < -0.39 is 60.3 Å². The molecule has 0 spiro atoms. The van der Waals surface area contributed by atoms with Gasteiger partial charge in [0, 0.05) is 44.7 Å². The molecule has 0 saturated carbocycles. The van der Waals surface area contributed by atoms with Crippen LogP contribution >= 0.6 is 0 Å². The number of esters is 2. The molecule has 2 heterocycles. The molecule has 364 valence electrons. The van der Waals surface area contributed by atoms with Gasteiger partial charge in [0.25, 0.3) is 0 Å². The Morgan fingerprint density at radius 1 is 0.891 bits per heavy atom. The summed E-state index contributed by atoms with van der Waals surface area (Å²) in [6.45, 7) is 29.2. The summed E-state index contributed by atoms with van der Waals surface area (Å²) >= 11 is 0. The molecular weight excluding hydrogens is 821 g/mol. The minimum atomic E-state index is -1.09. The molecule has 1 fully saturated rings. The Kier molecular flexibility index (Phi) is 23.9. The van der Waals surface area contributed by atoms with Gasteiger partial charge in [0.1, 0.15) is 17.8 Å². The first-order valence-electron chi connectivity index (χ1n) is 23.7. The Morgan fingerprint density at radius 3 is 2.16 bits per heavy atom. The van der Waals surface area contributed by atoms with Crippen LogP contribution in [0.25, 0.3) is 0 Å². The van der Waals surface area contributed by atoms with Crippen LogP contribution in [0.3, 0.4) is 0 Å². The Labute approximate surface area is 384 Å². The predicted molar refractivity (Wildman–Crippen MR) is 246 cm³/mol. The number of benzene rings is 1. The summed E-state index contributed by atoms with van der Waals surface area (Å²) in [6.07, 6.45) is 7.63. The average molecular weight is 903 g/mol. The zero-order chi connectivity index (χ0) is 47.5. The Hall–Kier alpha value is -2.98. The zero-order valence-electron chi connectivity index (χ0n) is 41.4. The minimum Gasteiger partial charge on any atom is -0.457 e. The molecule has 14 unspecified atom stereocenters. The Bertz CT molecular complexity index is 1600. The maximum absolute atomic E-state index is 13.9. The highest BCUT2D eigenvalue weighted by Gasteiger charge is 2.49. The lowest BCUT2D eigenvalue weighted by Crippen LogP contribution is -2.47. The molecule has 2 aliphatic heterocycles. The second-order valence-corrected chi connectivity index (χ2v) is 17.4. The molecule has 13 heteroatoms. The smallest absolute Gasteiger partial charge is 0.338 e. The van der Waals surface area contributed by atoms with Crippen LogP contribution in [0.15, 0.2) is 66.3 Å². The van der Waals surface area contributed by atoms with Crippen molar-refractivity contribution in [1.82, 2.24) is 0 Å². The van der Waals surface area contributed by atoms with Crippen molar-refractivity contribution in [3.63, 3.8) is 0 Å². The predicted octanol–water partition coefficient (Wildman–Crippen LogP) is 10.1. The van der Waals surface area contributed by atoms with E-state index in [2.05, 4.69) is 13.8 Å². The van der Waals surface area contributed by atoms with Crippen LogP contribution in [0.1, 0.15) is 139 Å². The third kappa shape index (κ3) is 18.4. The van der Waals surface area contributed by atoms with Crippen molar-refractivity contribution in [2.75, 3.05) is 26.4 Å². The van der Waals surface area contributed by atoms with E-state index in [0.29, 0.717) is 51.3 Å². The summed E-state index contributed by atoms with van der Waals surface area (Å²) in [5, 5.41) is 0. The quantitative estimate of drug-likeness (QED) is 0.0287. The SMILES string of the molecule is CCOC(C)OC1CCC(C)(OC(C)OCC)C(OC(=O)c2ccccc2)/C=C/C(C)C(/C(C)=C/C=C/C(C)(CC2OC2C(C)C(CC)OC(C)OCC)OC(C)OCC)OC(=O)C1. The summed E-state index contributed by atoms with van der Waals surface area (Å²) in [5.74, 6) is -1.12. The van der Waals surface area contributed by atoms with E-state index >= 15 is 0 Å². The van der Waals surface area contributed by atoms with Gasteiger partial charge in [-0.05, 0) is 119 Å². The van der Waals surface area contributed by atoms with Gasteiger partial charge in [-0.3, -0.25) is 4.79 Å². The first-order chi connectivity index (χ1) is 30.4. The molecule has 1 saturated heterocycles. The van der Waals surface area contributed by atoms with Gasteiger partial charge in [-0.15, -0.1) is 0 Å². The number of allylic oxidation sites excluding steroid dienone is 2. The largest absolute Gasteiger partial charge is 0.457 e. The molecule has 0 aliphatic carbocycles. The van der Waals surface area contributed by atoms with E-state index in [4.69, 9.17) is 52.1 Å². The van der Waals surface area contributed by atoms with Crippen molar-refractivity contribution in [3.8, 4) is 0 Å². The number of carbonyl (C=O) groups excluding carboxylic acids is 2. The number of hydrogen-bond donors (Lipinski definition) is 0. The van der Waals surface area contributed by atoms with Gasteiger partial charge >= 0.3 is 11.9 Å². The summed E-state index contributed by atoms with van der Waals surface area (Å²) in [6, 6.07) is 8.86. The van der Waals surface area contributed by atoms with Crippen molar-refractivity contribution in [2.24, 2.45) is 11.8 Å². The van der Waals surface area contributed by atoms with Crippen LogP contribution in [0.4, 0.5) is 0 Å². The molecule has 0 N–H and O–H groups in total. The molecule has 64 heavy (non-hydrogen) atoms. The highest BCUT2D eigenvalue weighted by atomic mass is 16.7. The number of ether oxygens (including phenoxy) is 11. The van der Waals surface area contributed by atoms with Crippen LogP contribution in [0, 0.1) is 11.8 Å². The van der Waals surface area contributed by atoms with Gasteiger partial charge < -0.3 is 52.1 Å². The van der Waals surface area contributed by atoms with E-state index in [1.165, 1.54) is 0 Å². The number of rotatable bonds is 26. The van der Waals surface area contributed by atoms with Gasteiger partial charge in [0.2, 0.25) is 0 Å². The Balaban J connectivity index is 2.00. The standard InChI is InChI=1S/C51H82O13/c1-15-43(59-38(10)55-17-3)36(8)48-44(60-48)33-50(13,63-39(11)56-18-4)30-23-24-34(6)47-35(7)27-28-45(61-49(53)41-25-21-20-22-26-41)51(14,64-40(12)57-19-5)31-29-42(32-46(52)62-47)58-37(9)54-16-2/h20-28,30,35-40,42-45,47-48H,15-19,29,31-33H2,1-14H3/b28-27+,30-23+,34-24+. The number of hydrogen-bond acceptors (Lipinski definition) is 13. The molecule has 3 rings (SSSR count). The fourth-order valence-corrected chi connectivity index (χ4v) is 8.43. The van der Waals surface area contributed by atoms with Crippen molar-refractivity contribution >= 4 is 11.9 Å². The van der Waals surface area contributed by atoms with Crippen molar-refractivity contribution < 1.29 is 61.7 Å². The lowest BCUT2D eigenvalue weighted by molar-refractivity contribution is -0.225. The maximum Gasteiger partial charge on any atom is 0.338 e. The van der Waals surface area contributed by atoms with Gasteiger partial charge in [0.15, 0.2) is 25.2 Å². The molecular formula is C51H82O13. The molecule has 0 amide bonds. The van der Waals surface area contributed by atoms with Crippen LogP contribution < -0.4 is 0 Å². The molecule has 0 aromatic heterocycles. The monoisotopic (exact) mass is 903 g/mol. The fourth-order valence-electron chi connectivity index (χ4n) is 8.43. The normalized spacial score (nSPS) is 29.0. The summed E-state index contributed by atoms with van der Waals surface area (Å²) in [7, 11) is 0. The molecule has 2 aliphatic rings. The molecule has 0 bridgehead atoms. The van der Waals surface area contributed by atoms with E-state index in [-0.39, 0.29) is 42.9 Å². The topological polar surface area (TPSA) is 139 Å². The first kappa shape index (κ1) is 55.3. The molecule has 0 radical (unpaired) electrons. The Morgan fingerprint density at radius 2 is 1.52 bits per heavy atom. The summed E-state index contributed by atoms with van der Waals surface area (Å²) in [5.41, 5.74) is -0.645. The highest BCUT2D eigenvalue weighted by Crippen LogP contribution is 2.40. The van der Waals surface area contributed by atoms with E-state index in [1.807, 2.05) is 113 Å². The van der Waals surface area contributed by atoms with Crippen molar-refractivity contribution in [2.45, 2.75) is 202 Å². The van der Waals surface area contributed by atoms with E-state index in [9.17, 15) is 9.59 Å². The molecule has 1 aromatic carbocycles. The minimum absolute atomic E-state index is 0.00723. The van der Waals surface area contributed by atoms with Gasteiger partial charge in [-0.1, -0.05) is 63.3 Å². The third-order valence-electron chi connectivity index (χ3n) is 11.7. The highest BCUT2D eigenvalue weighted by molar-refractivity contribution is 5.89. The van der Waals surface area contributed by atoms with Crippen LogP contribution in [0.2, 0.25) is 0 Å². The molecule has 14 atom stereocenters.